The third-order valence-electron chi connectivity index (χ3n) is 1.33. The number of carbonyl (C=O) groups excluding carboxylic acids is 1. The summed E-state index contributed by atoms with van der Waals surface area (Å²) in [6.07, 6.45) is 3.40. The molecule has 0 aliphatic heterocycles. The number of hydrogen-bond donors (Lipinski definition) is 0. The van der Waals surface area contributed by atoms with Crippen LogP contribution in [-0.4, -0.2) is 19.2 Å². The van der Waals surface area contributed by atoms with E-state index in [4.69, 9.17) is 9.47 Å². The summed E-state index contributed by atoms with van der Waals surface area (Å²) in [5.74, 6) is -0.452. The van der Waals surface area contributed by atoms with Gasteiger partial charge in [0.1, 0.15) is 6.61 Å². The van der Waals surface area contributed by atoms with Crippen molar-refractivity contribution in [3.8, 4) is 0 Å². The standard InChI is InChI=1S/C10H16O3/c1-4-6-8-13-10(11)9(3)12-7-5-2/h5H,2-4,6-8H2,1H3. The van der Waals surface area contributed by atoms with Crippen LogP contribution in [-0.2, 0) is 14.3 Å². The summed E-state index contributed by atoms with van der Waals surface area (Å²) in [7, 11) is 0. The number of carbonyl (C=O) groups is 1. The van der Waals surface area contributed by atoms with Crippen LogP contribution in [0.25, 0.3) is 0 Å². The zero-order chi connectivity index (χ0) is 10.1. The highest BCUT2D eigenvalue weighted by molar-refractivity contribution is 5.85. The first-order chi connectivity index (χ1) is 6.22. The van der Waals surface area contributed by atoms with Crippen molar-refractivity contribution in [3.05, 3.63) is 25.0 Å². The quantitative estimate of drug-likeness (QED) is 0.200. The molecule has 0 aromatic heterocycles. The lowest BCUT2D eigenvalue weighted by molar-refractivity contribution is -0.142. The lowest BCUT2D eigenvalue weighted by Crippen LogP contribution is -2.10. The highest BCUT2D eigenvalue weighted by Gasteiger charge is 2.07. The minimum absolute atomic E-state index is 0.0380. The van der Waals surface area contributed by atoms with Gasteiger partial charge in [0.2, 0.25) is 0 Å². The zero-order valence-electron chi connectivity index (χ0n) is 8.04. The number of hydrogen-bond acceptors (Lipinski definition) is 3. The molecule has 0 N–H and O–H groups in total. The predicted molar refractivity (Wildman–Crippen MR) is 51.2 cm³/mol. The summed E-state index contributed by atoms with van der Waals surface area (Å²) in [6, 6.07) is 0. The normalized spacial score (nSPS) is 9.00. The highest BCUT2D eigenvalue weighted by atomic mass is 16.6. The molecule has 0 rings (SSSR count). The SMILES string of the molecule is C=CCOC(=C)C(=O)OCCCC. The van der Waals surface area contributed by atoms with Gasteiger partial charge in [-0.25, -0.2) is 4.79 Å². The van der Waals surface area contributed by atoms with Gasteiger partial charge in [-0.1, -0.05) is 26.0 Å². The van der Waals surface area contributed by atoms with Crippen LogP contribution in [0.15, 0.2) is 25.0 Å². The summed E-state index contributed by atoms with van der Waals surface area (Å²) in [6.45, 7) is 9.60. The minimum atomic E-state index is -0.490. The van der Waals surface area contributed by atoms with Gasteiger partial charge in [-0.15, -0.1) is 0 Å². The average molecular weight is 184 g/mol. The van der Waals surface area contributed by atoms with Crippen molar-refractivity contribution in [1.29, 1.82) is 0 Å². The maximum absolute atomic E-state index is 11.0. The third-order valence-corrected chi connectivity index (χ3v) is 1.33. The molecule has 3 heteroatoms. The summed E-state index contributed by atoms with van der Waals surface area (Å²) in [5.41, 5.74) is 0. The van der Waals surface area contributed by atoms with Crippen molar-refractivity contribution in [2.45, 2.75) is 19.8 Å². The zero-order valence-corrected chi connectivity index (χ0v) is 8.04. The van der Waals surface area contributed by atoms with Gasteiger partial charge in [0, 0.05) is 0 Å². The Morgan fingerprint density at radius 2 is 2.15 bits per heavy atom. The van der Waals surface area contributed by atoms with Gasteiger partial charge in [-0.3, -0.25) is 0 Å². The van der Waals surface area contributed by atoms with Gasteiger partial charge in [-0.05, 0) is 13.0 Å². The molecule has 0 saturated heterocycles. The molecule has 0 aromatic carbocycles. The number of rotatable bonds is 7. The molecular formula is C10H16O3. The van der Waals surface area contributed by atoms with Crippen molar-refractivity contribution in [2.75, 3.05) is 13.2 Å². The molecule has 0 aromatic rings. The van der Waals surface area contributed by atoms with Gasteiger partial charge in [-0.2, -0.15) is 0 Å². The smallest absolute Gasteiger partial charge is 0.372 e. The summed E-state index contributed by atoms with van der Waals surface area (Å²) in [5, 5.41) is 0. The first kappa shape index (κ1) is 11.8. The summed E-state index contributed by atoms with van der Waals surface area (Å²) in [4.78, 5) is 11.0. The van der Waals surface area contributed by atoms with E-state index in [-0.39, 0.29) is 12.4 Å². The number of unbranched alkanes of at least 4 members (excludes halogenated alkanes) is 1. The van der Waals surface area contributed by atoms with Crippen molar-refractivity contribution in [1.82, 2.24) is 0 Å². The molecule has 0 atom stereocenters. The predicted octanol–water partition coefficient (Wildman–Crippen LogP) is 2.05. The molecular weight excluding hydrogens is 168 g/mol. The lowest BCUT2D eigenvalue weighted by atomic mass is 10.4. The van der Waals surface area contributed by atoms with Crippen LogP contribution in [0.5, 0.6) is 0 Å². The second-order valence-electron chi connectivity index (χ2n) is 2.51. The third kappa shape index (κ3) is 5.96. The second kappa shape index (κ2) is 7.40. The van der Waals surface area contributed by atoms with Gasteiger partial charge in [0.25, 0.3) is 0 Å². The van der Waals surface area contributed by atoms with Crippen molar-refractivity contribution in [3.63, 3.8) is 0 Å². The van der Waals surface area contributed by atoms with Crippen LogP contribution in [0.2, 0.25) is 0 Å². The van der Waals surface area contributed by atoms with E-state index < -0.39 is 5.97 Å². The monoisotopic (exact) mass is 184 g/mol. The molecule has 0 spiro atoms. The molecule has 0 heterocycles. The van der Waals surface area contributed by atoms with E-state index in [1.54, 1.807) is 6.08 Å². The van der Waals surface area contributed by atoms with Crippen molar-refractivity contribution in [2.24, 2.45) is 0 Å². The second-order valence-corrected chi connectivity index (χ2v) is 2.51. The fourth-order valence-corrected chi connectivity index (χ4v) is 0.608. The van der Waals surface area contributed by atoms with E-state index in [0.29, 0.717) is 6.61 Å². The molecule has 0 amide bonds. The Balaban J connectivity index is 3.57. The topological polar surface area (TPSA) is 35.5 Å². The van der Waals surface area contributed by atoms with Gasteiger partial charge >= 0.3 is 5.97 Å². The molecule has 3 nitrogen and oxygen atoms in total. The first-order valence-electron chi connectivity index (χ1n) is 4.32. The maximum Gasteiger partial charge on any atom is 0.372 e. The number of ether oxygens (including phenoxy) is 2. The van der Waals surface area contributed by atoms with Crippen molar-refractivity contribution >= 4 is 5.97 Å². The molecule has 0 bridgehead atoms. The van der Waals surface area contributed by atoms with Crippen LogP contribution >= 0.6 is 0 Å². The van der Waals surface area contributed by atoms with Crippen molar-refractivity contribution < 1.29 is 14.3 Å². The Morgan fingerprint density at radius 1 is 1.46 bits per heavy atom. The van der Waals surface area contributed by atoms with Crippen LogP contribution in [0, 0.1) is 0 Å². The van der Waals surface area contributed by atoms with E-state index in [2.05, 4.69) is 13.2 Å². The fraction of sp³-hybridized carbons (Fsp3) is 0.500. The van der Waals surface area contributed by atoms with Gasteiger partial charge in [0.05, 0.1) is 6.61 Å². The van der Waals surface area contributed by atoms with Gasteiger partial charge in [0.15, 0.2) is 5.76 Å². The highest BCUT2D eigenvalue weighted by Crippen LogP contribution is 1.98. The fourth-order valence-electron chi connectivity index (χ4n) is 0.608. The first-order valence-corrected chi connectivity index (χ1v) is 4.32. The van der Waals surface area contributed by atoms with Gasteiger partial charge < -0.3 is 9.47 Å². The Kier molecular flexibility index (Phi) is 6.69. The Hall–Kier alpha value is -1.25. The Labute approximate surface area is 79.0 Å². The maximum atomic E-state index is 11.0. The van der Waals surface area contributed by atoms with Crippen LogP contribution in [0.3, 0.4) is 0 Å². The average Bonchev–Trinajstić information content (AvgIpc) is 2.14. The molecule has 74 valence electrons. The Bertz CT molecular complexity index is 185. The molecule has 0 fully saturated rings. The minimum Gasteiger partial charge on any atom is -0.483 e. The molecule has 0 saturated carbocycles. The number of esters is 1. The van der Waals surface area contributed by atoms with E-state index in [1.165, 1.54) is 0 Å². The van der Waals surface area contributed by atoms with Crippen LogP contribution in [0.4, 0.5) is 0 Å². The van der Waals surface area contributed by atoms with E-state index in [0.717, 1.165) is 12.8 Å². The van der Waals surface area contributed by atoms with Crippen LogP contribution < -0.4 is 0 Å². The molecule has 0 radical (unpaired) electrons. The van der Waals surface area contributed by atoms with E-state index >= 15 is 0 Å². The Morgan fingerprint density at radius 3 is 2.69 bits per heavy atom. The largest absolute Gasteiger partial charge is 0.483 e. The molecule has 0 aliphatic rings. The summed E-state index contributed by atoms with van der Waals surface area (Å²) >= 11 is 0. The molecule has 0 unspecified atom stereocenters. The molecule has 0 aliphatic carbocycles. The lowest BCUT2D eigenvalue weighted by Gasteiger charge is -2.06. The van der Waals surface area contributed by atoms with Crippen LogP contribution in [0.1, 0.15) is 19.8 Å². The molecule has 13 heavy (non-hydrogen) atoms. The van der Waals surface area contributed by atoms with E-state index in [9.17, 15) is 4.79 Å². The summed E-state index contributed by atoms with van der Waals surface area (Å²) < 4.78 is 9.74. The van der Waals surface area contributed by atoms with E-state index in [1.807, 2.05) is 6.92 Å².